The minimum absolute atomic E-state index is 0.258. The van der Waals surface area contributed by atoms with Crippen LogP contribution < -0.4 is 14.8 Å². The number of methoxy groups -OCH3 is 2. The van der Waals surface area contributed by atoms with Crippen LogP contribution in [0.5, 0.6) is 11.5 Å². The number of hydrogen-bond acceptors (Lipinski definition) is 4. The van der Waals surface area contributed by atoms with Crippen molar-refractivity contribution in [3.05, 3.63) is 22.2 Å². The van der Waals surface area contributed by atoms with E-state index in [-0.39, 0.29) is 6.04 Å². The molecule has 112 valence electrons. The van der Waals surface area contributed by atoms with E-state index < -0.39 is 6.67 Å². The van der Waals surface area contributed by atoms with E-state index in [1.165, 1.54) is 0 Å². The number of rotatable bonds is 5. The fraction of sp³-hybridized carbons (Fsp3) is 0.571. The Balaban J connectivity index is 2.33. The van der Waals surface area contributed by atoms with Crippen LogP contribution in [0.1, 0.15) is 11.6 Å². The molecule has 6 heteroatoms. The van der Waals surface area contributed by atoms with Gasteiger partial charge in [-0.15, -0.1) is 0 Å². The molecule has 2 rings (SSSR count). The van der Waals surface area contributed by atoms with Crippen LogP contribution in [0.2, 0.25) is 0 Å². The summed E-state index contributed by atoms with van der Waals surface area (Å²) in [6, 6.07) is 3.43. The topological polar surface area (TPSA) is 33.7 Å². The van der Waals surface area contributed by atoms with E-state index in [0.29, 0.717) is 11.5 Å². The predicted octanol–water partition coefficient (Wildman–Crippen LogP) is 2.38. The molecule has 0 unspecified atom stereocenters. The number of hydrogen-bond donors (Lipinski definition) is 1. The highest BCUT2D eigenvalue weighted by Crippen LogP contribution is 2.38. The predicted molar refractivity (Wildman–Crippen MR) is 80.4 cm³/mol. The van der Waals surface area contributed by atoms with Gasteiger partial charge < -0.3 is 14.8 Å². The lowest BCUT2D eigenvalue weighted by atomic mass is 10.0. The summed E-state index contributed by atoms with van der Waals surface area (Å²) in [6.45, 7) is 3.04. The normalized spacial score (nSPS) is 17.8. The van der Waals surface area contributed by atoms with Gasteiger partial charge in [-0.1, -0.05) is 15.9 Å². The van der Waals surface area contributed by atoms with Crippen molar-refractivity contribution < 1.29 is 13.9 Å². The lowest BCUT2D eigenvalue weighted by Crippen LogP contribution is -2.45. The van der Waals surface area contributed by atoms with Gasteiger partial charge in [0.15, 0.2) is 11.5 Å². The van der Waals surface area contributed by atoms with Crippen LogP contribution in [0.15, 0.2) is 16.6 Å². The van der Waals surface area contributed by atoms with Crippen LogP contribution in [-0.4, -0.2) is 52.0 Å². The molecule has 1 fully saturated rings. The molecule has 1 aliphatic rings. The van der Waals surface area contributed by atoms with E-state index in [2.05, 4.69) is 26.1 Å². The lowest BCUT2D eigenvalue weighted by molar-refractivity contribution is 0.147. The Morgan fingerprint density at radius 1 is 1.25 bits per heavy atom. The van der Waals surface area contributed by atoms with E-state index in [9.17, 15) is 4.39 Å². The third kappa shape index (κ3) is 3.24. The average molecular weight is 347 g/mol. The SMILES string of the molecule is COc1cc(Br)c([C@@H](CF)N2CCNCC2)cc1OC. The van der Waals surface area contributed by atoms with Gasteiger partial charge >= 0.3 is 0 Å². The maximum atomic E-state index is 13.6. The minimum atomic E-state index is -0.423. The number of piperazine rings is 1. The number of benzene rings is 1. The van der Waals surface area contributed by atoms with Gasteiger partial charge in [0.25, 0.3) is 0 Å². The Morgan fingerprint density at radius 3 is 2.40 bits per heavy atom. The van der Waals surface area contributed by atoms with Crippen molar-refractivity contribution in [1.29, 1.82) is 0 Å². The van der Waals surface area contributed by atoms with Gasteiger partial charge in [0.05, 0.1) is 20.3 Å². The van der Waals surface area contributed by atoms with E-state index in [1.54, 1.807) is 14.2 Å². The van der Waals surface area contributed by atoms with Crippen molar-refractivity contribution in [2.75, 3.05) is 47.1 Å². The van der Waals surface area contributed by atoms with Crippen LogP contribution in [0.25, 0.3) is 0 Å². The fourth-order valence-corrected chi connectivity index (χ4v) is 3.08. The third-order valence-corrected chi connectivity index (χ3v) is 4.29. The molecule has 0 spiro atoms. The molecular formula is C14H20BrFN2O2. The Labute approximate surface area is 127 Å². The lowest BCUT2D eigenvalue weighted by Gasteiger charge is -2.34. The van der Waals surface area contributed by atoms with Gasteiger partial charge in [-0.25, -0.2) is 4.39 Å². The quantitative estimate of drug-likeness (QED) is 0.887. The fourth-order valence-electron chi connectivity index (χ4n) is 2.50. The van der Waals surface area contributed by atoms with E-state index >= 15 is 0 Å². The van der Waals surface area contributed by atoms with E-state index in [0.717, 1.165) is 36.2 Å². The molecule has 1 aromatic carbocycles. The van der Waals surface area contributed by atoms with Crippen LogP contribution >= 0.6 is 15.9 Å². The summed E-state index contributed by atoms with van der Waals surface area (Å²) in [5.74, 6) is 1.26. The highest BCUT2D eigenvalue weighted by atomic mass is 79.9. The van der Waals surface area contributed by atoms with Crippen LogP contribution in [0.3, 0.4) is 0 Å². The van der Waals surface area contributed by atoms with Gasteiger partial charge in [0, 0.05) is 30.7 Å². The van der Waals surface area contributed by atoms with E-state index in [1.807, 2.05) is 12.1 Å². The highest BCUT2D eigenvalue weighted by molar-refractivity contribution is 9.10. The molecule has 1 aromatic rings. The molecule has 1 atom stereocenters. The Morgan fingerprint density at radius 2 is 1.85 bits per heavy atom. The second-order valence-corrected chi connectivity index (χ2v) is 5.54. The Kier molecular flexibility index (Phi) is 5.63. The van der Waals surface area contributed by atoms with Crippen LogP contribution in [0.4, 0.5) is 4.39 Å². The molecule has 0 aromatic heterocycles. The van der Waals surface area contributed by atoms with Crippen LogP contribution in [-0.2, 0) is 0 Å². The molecule has 4 nitrogen and oxygen atoms in total. The smallest absolute Gasteiger partial charge is 0.161 e. The van der Waals surface area contributed by atoms with Gasteiger partial charge in [-0.05, 0) is 17.7 Å². The second-order valence-electron chi connectivity index (χ2n) is 4.68. The van der Waals surface area contributed by atoms with Gasteiger partial charge in [-0.2, -0.15) is 0 Å². The van der Waals surface area contributed by atoms with Crippen molar-refractivity contribution in [1.82, 2.24) is 10.2 Å². The zero-order valence-electron chi connectivity index (χ0n) is 11.8. The summed E-state index contributed by atoms with van der Waals surface area (Å²) in [6.07, 6.45) is 0. The van der Waals surface area contributed by atoms with Crippen molar-refractivity contribution in [2.45, 2.75) is 6.04 Å². The van der Waals surface area contributed by atoms with E-state index in [4.69, 9.17) is 9.47 Å². The molecule has 0 bridgehead atoms. The number of alkyl halides is 1. The molecule has 20 heavy (non-hydrogen) atoms. The zero-order valence-corrected chi connectivity index (χ0v) is 13.4. The summed E-state index contributed by atoms with van der Waals surface area (Å²) < 4.78 is 25.0. The van der Waals surface area contributed by atoms with Crippen LogP contribution in [0, 0.1) is 0 Å². The molecule has 0 saturated carbocycles. The molecule has 1 aliphatic heterocycles. The third-order valence-electron chi connectivity index (χ3n) is 3.60. The van der Waals surface area contributed by atoms with Crippen molar-refractivity contribution in [2.24, 2.45) is 0 Å². The first kappa shape index (κ1) is 15.5. The Bertz CT molecular complexity index is 453. The second kappa shape index (κ2) is 7.24. The highest BCUT2D eigenvalue weighted by Gasteiger charge is 2.25. The van der Waals surface area contributed by atoms with Gasteiger partial charge in [0.2, 0.25) is 0 Å². The molecular weight excluding hydrogens is 327 g/mol. The zero-order chi connectivity index (χ0) is 14.5. The molecule has 1 N–H and O–H groups in total. The summed E-state index contributed by atoms with van der Waals surface area (Å²) >= 11 is 3.51. The van der Waals surface area contributed by atoms with Crippen molar-refractivity contribution in [3.63, 3.8) is 0 Å². The van der Waals surface area contributed by atoms with Gasteiger partial charge in [0.1, 0.15) is 6.67 Å². The first-order valence-corrected chi connectivity index (χ1v) is 7.42. The molecule has 0 radical (unpaired) electrons. The standard InChI is InChI=1S/C14H20BrFN2O2/c1-19-13-7-10(11(15)8-14(13)20-2)12(9-16)18-5-3-17-4-6-18/h7-8,12,17H,3-6,9H2,1-2H3/t12-/m1/s1. The average Bonchev–Trinajstić information content (AvgIpc) is 2.50. The number of ether oxygens (including phenoxy) is 2. The summed E-state index contributed by atoms with van der Waals surface area (Å²) in [7, 11) is 3.18. The maximum Gasteiger partial charge on any atom is 0.161 e. The monoisotopic (exact) mass is 346 g/mol. The summed E-state index contributed by atoms with van der Waals surface area (Å²) in [5, 5.41) is 3.28. The molecule has 1 saturated heterocycles. The largest absolute Gasteiger partial charge is 0.493 e. The summed E-state index contributed by atoms with van der Waals surface area (Å²) in [4.78, 5) is 2.16. The minimum Gasteiger partial charge on any atom is -0.493 e. The maximum absolute atomic E-state index is 13.6. The number of halogens is 2. The molecule has 0 aliphatic carbocycles. The van der Waals surface area contributed by atoms with Gasteiger partial charge in [-0.3, -0.25) is 4.90 Å². The molecule has 1 heterocycles. The first-order valence-electron chi connectivity index (χ1n) is 6.63. The Hall–Kier alpha value is -0.850. The van der Waals surface area contributed by atoms with Crippen molar-refractivity contribution in [3.8, 4) is 11.5 Å². The number of nitrogens with one attached hydrogen (secondary N) is 1. The number of nitrogens with zero attached hydrogens (tertiary/aromatic N) is 1. The van der Waals surface area contributed by atoms with Crippen molar-refractivity contribution >= 4 is 15.9 Å². The summed E-state index contributed by atoms with van der Waals surface area (Å²) in [5.41, 5.74) is 0.895. The first-order chi connectivity index (χ1) is 9.71. The molecule has 0 amide bonds.